The number of ether oxygens (including phenoxy) is 3. The third-order valence-corrected chi connectivity index (χ3v) is 5.63. The smallest absolute Gasteiger partial charge is 0.277 e. The zero-order valence-electron chi connectivity index (χ0n) is 15.7. The predicted molar refractivity (Wildman–Crippen MR) is 108 cm³/mol. The molecule has 4 rings (SSSR count). The van der Waals surface area contributed by atoms with E-state index in [2.05, 4.69) is 15.2 Å². The van der Waals surface area contributed by atoms with Crippen LogP contribution in [0.5, 0.6) is 17.2 Å². The van der Waals surface area contributed by atoms with E-state index in [0.717, 1.165) is 0 Å². The molecule has 3 heterocycles. The molecule has 3 aromatic heterocycles. The van der Waals surface area contributed by atoms with E-state index in [-0.39, 0.29) is 5.56 Å². The Labute approximate surface area is 173 Å². The van der Waals surface area contributed by atoms with E-state index >= 15 is 0 Å². The van der Waals surface area contributed by atoms with E-state index in [1.54, 1.807) is 18.3 Å². The van der Waals surface area contributed by atoms with Crippen molar-refractivity contribution >= 4 is 28.1 Å². The van der Waals surface area contributed by atoms with Crippen molar-refractivity contribution < 1.29 is 18.6 Å². The summed E-state index contributed by atoms with van der Waals surface area (Å²) in [5, 5.41) is 10.3. The molecule has 0 saturated carbocycles. The molecule has 0 atom stereocenters. The lowest BCUT2D eigenvalue weighted by molar-refractivity contribution is 0.324. The maximum absolute atomic E-state index is 12.1. The zero-order valence-corrected chi connectivity index (χ0v) is 17.4. The molecular weight excluding hydrogens is 416 g/mol. The van der Waals surface area contributed by atoms with Gasteiger partial charge in [-0.15, -0.1) is 21.5 Å². The fourth-order valence-corrected chi connectivity index (χ4v) is 4.08. The fourth-order valence-electron chi connectivity index (χ4n) is 2.69. The van der Waals surface area contributed by atoms with Gasteiger partial charge in [0, 0.05) is 29.0 Å². The van der Waals surface area contributed by atoms with Crippen molar-refractivity contribution in [2.75, 3.05) is 21.3 Å². The molecule has 1 aromatic carbocycles. The number of thioether (sulfide) groups is 1. The van der Waals surface area contributed by atoms with Crippen molar-refractivity contribution in [1.29, 1.82) is 0 Å². The van der Waals surface area contributed by atoms with Gasteiger partial charge in [0.25, 0.3) is 10.8 Å². The Morgan fingerprint density at radius 2 is 1.86 bits per heavy atom. The molecule has 0 unspecified atom stereocenters. The summed E-state index contributed by atoms with van der Waals surface area (Å²) in [5.74, 6) is 2.20. The summed E-state index contributed by atoms with van der Waals surface area (Å²) in [7, 11) is 4.61. The van der Waals surface area contributed by atoms with Crippen molar-refractivity contribution in [2.45, 2.75) is 11.0 Å². The van der Waals surface area contributed by atoms with E-state index in [4.69, 9.17) is 18.6 Å². The van der Waals surface area contributed by atoms with E-state index in [0.29, 0.717) is 50.3 Å². The van der Waals surface area contributed by atoms with E-state index in [1.165, 1.54) is 54.9 Å². The minimum absolute atomic E-state index is 0.115. The van der Waals surface area contributed by atoms with Gasteiger partial charge in [-0.05, 0) is 12.1 Å². The third-order valence-electron chi connectivity index (χ3n) is 4.02. The van der Waals surface area contributed by atoms with E-state index in [1.807, 2.05) is 5.38 Å². The molecule has 0 radical (unpaired) electrons. The maximum atomic E-state index is 12.1. The van der Waals surface area contributed by atoms with Gasteiger partial charge in [0.2, 0.25) is 11.6 Å². The first-order valence-electron chi connectivity index (χ1n) is 8.35. The number of fused-ring (bicyclic) bond motifs is 1. The highest BCUT2D eigenvalue weighted by Gasteiger charge is 2.18. The predicted octanol–water partition coefficient (Wildman–Crippen LogP) is 3.12. The highest BCUT2D eigenvalue weighted by Crippen LogP contribution is 2.41. The van der Waals surface area contributed by atoms with Crippen LogP contribution in [0.1, 0.15) is 5.69 Å². The molecular formula is C18H16N4O5S2. The number of hydrogen-bond acceptors (Lipinski definition) is 10. The van der Waals surface area contributed by atoms with Crippen molar-refractivity contribution in [1.82, 2.24) is 19.6 Å². The number of nitrogens with zero attached hydrogens (tertiary/aromatic N) is 4. The Bertz CT molecular complexity index is 1190. The van der Waals surface area contributed by atoms with Crippen LogP contribution in [0.15, 0.2) is 44.2 Å². The lowest BCUT2D eigenvalue weighted by Crippen LogP contribution is -2.12. The minimum Gasteiger partial charge on any atom is -0.493 e. The zero-order chi connectivity index (χ0) is 20.4. The highest BCUT2D eigenvalue weighted by molar-refractivity contribution is 7.98. The van der Waals surface area contributed by atoms with Crippen LogP contribution in [-0.4, -0.2) is 40.9 Å². The molecule has 0 aliphatic carbocycles. The Kier molecular flexibility index (Phi) is 5.41. The molecule has 0 bridgehead atoms. The van der Waals surface area contributed by atoms with Gasteiger partial charge >= 0.3 is 0 Å². The number of thiazole rings is 1. The van der Waals surface area contributed by atoms with Crippen molar-refractivity contribution in [3.63, 3.8) is 0 Å². The van der Waals surface area contributed by atoms with Gasteiger partial charge in [0.05, 0.1) is 27.0 Å². The van der Waals surface area contributed by atoms with Gasteiger partial charge in [-0.25, -0.2) is 4.98 Å². The van der Waals surface area contributed by atoms with Gasteiger partial charge in [-0.3, -0.25) is 9.20 Å². The van der Waals surface area contributed by atoms with Crippen LogP contribution in [0.25, 0.3) is 16.4 Å². The largest absolute Gasteiger partial charge is 0.493 e. The van der Waals surface area contributed by atoms with Crippen LogP contribution in [0, 0.1) is 0 Å². The summed E-state index contributed by atoms with van der Waals surface area (Å²) >= 11 is 2.71. The minimum atomic E-state index is -0.115. The molecule has 0 fully saturated rings. The topological polar surface area (TPSA) is 101 Å². The molecule has 9 nitrogen and oxygen atoms in total. The number of hydrogen-bond donors (Lipinski definition) is 0. The molecule has 0 spiro atoms. The Morgan fingerprint density at radius 3 is 2.55 bits per heavy atom. The molecule has 0 amide bonds. The van der Waals surface area contributed by atoms with Crippen LogP contribution in [0.4, 0.5) is 0 Å². The normalized spacial score (nSPS) is 11.0. The molecule has 11 heteroatoms. The number of rotatable bonds is 7. The first kappa shape index (κ1) is 19.3. The second-order valence-corrected chi connectivity index (χ2v) is 7.52. The van der Waals surface area contributed by atoms with Crippen LogP contribution < -0.4 is 19.8 Å². The lowest BCUT2D eigenvalue weighted by Gasteiger charge is -2.12. The highest BCUT2D eigenvalue weighted by atomic mass is 32.2. The number of benzene rings is 1. The average molecular weight is 432 g/mol. The average Bonchev–Trinajstić information content (AvgIpc) is 3.40. The summed E-state index contributed by atoms with van der Waals surface area (Å²) in [6.07, 6.45) is 1.70. The van der Waals surface area contributed by atoms with Gasteiger partial charge in [-0.1, -0.05) is 11.8 Å². The fraction of sp³-hybridized carbons (Fsp3) is 0.222. The molecule has 4 aromatic rings. The molecule has 150 valence electrons. The Hall–Kier alpha value is -3.05. The van der Waals surface area contributed by atoms with Crippen molar-refractivity contribution in [3.8, 4) is 28.7 Å². The van der Waals surface area contributed by atoms with Crippen LogP contribution in [0.3, 0.4) is 0 Å². The molecule has 0 aliphatic heterocycles. The third kappa shape index (κ3) is 3.78. The number of methoxy groups -OCH3 is 3. The second-order valence-electron chi connectivity index (χ2n) is 5.72. The monoisotopic (exact) mass is 432 g/mol. The maximum Gasteiger partial charge on any atom is 0.277 e. The summed E-state index contributed by atoms with van der Waals surface area (Å²) in [6, 6.07) is 4.97. The summed E-state index contributed by atoms with van der Waals surface area (Å²) in [6.45, 7) is 0. The molecule has 29 heavy (non-hydrogen) atoms. The standard InChI is InChI=1S/C18H16N4O5S2/c1-24-12-6-10(7-13(25-2)15(12)26-3)16-20-21-18(27-16)29-9-11-8-14(23)22-4-5-28-17(22)19-11/h4-8H,9H2,1-3H3. The van der Waals surface area contributed by atoms with Gasteiger partial charge in [0.15, 0.2) is 16.5 Å². The van der Waals surface area contributed by atoms with Crippen LogP contribution in [-0.2, 0) is 5.75 Å². The lowest BCUT2D eigenvalue weighted by atomic mass is 10.2. The second kappa shape index (κ2) is 8.13. The van der Waals surface area contributed by atoms with Crippen LogP contribution in [0.2, 0.25) is 0 Å². The molecule has 0 saturated heterocycles. The van der Waals surface area contributed by atoms with Crippen molar-refractivity contribution in [2.24, 2.45) is 0 Å². The summed E-state index contributed by atoms with van der Waals surface area (Å²) in [5.41, 5.74) is 1.17. The summed E-state index contributed by atoms with van der Waals surface area (Å²) in [4.78, 5) is 17.2. The molecule has 0 N–H and O–H groups in total. The first-order chi connectivity index (χ1) is 14.1. The van der Waals surface area contributed by atoms with E-state index in [9.17, 15) is 4.79 Å². The SMILES string of the molecule is COc1cc(-c2nnc(SCc3cc(=O)n4ccsc4n3)o2)cc(OC)c1OC. The van der Waals surface area contributed by atoms with E-state index < -0.39 is 0 Å². The van der Waals surface area contributed by atoms with Crippen LogP contribution >= 0.6 is 23.1 Å². The Morgan fingerprint density at radius 1 is 1.10 bits per heavy atom. The first-order valence-corrected chi connectivity index (χ1v) is 10.2. The van der Waals surface area contributed by atoms with Gasteiger partial charge < -0.3 is 18.6 Å². The van der Waals surface area contributed by atoms with Crippen molar-refractivity contribution in [3.05, 3.63) is 45.8 Å². The van der Waals surface area contributed by atoms with Gasteiger partial charge in [-0.2, -0.15) is 0 Å². The quantitative estimate of drug-likeness (QED) is 0.408. The summed E-state index contributed by atoms with van der Waals surface area (Å²) < 4.78 is 23.3. The van der Waals surface area contributed by atoms with Gasteiger partial charge in [0.1, 0.15) is 0 Å². The Balaban J connectivity index is 1.56. The number of aromatic nitrogens is 4. The molecule has 0 aliphatic rings.